The van der Waals surface area contributed by atoms with Gasteiger partial charge in [0.25, 0.3) is 0 Å². The van der Waals surface area contributed by atoms with Crippen molar-refractivity contribution in [2.75, 3.05) is 17.7 Å². The first kappa shape index (κ1) is 13.7. The number of hydrogen-bond acceptors (Lipinski definition) is 6. The van der Waals surface area contributed by atoms with Crippen molar-refractivity contribution in [1.29, 1.82) is 0 Å². The second kappa shape index (κ2) is 5.65. The Morgan fingerprint density at radius 3 is 2.59 bits per heavy atom. The molecule has 7 nitrogen and oxygen atoms in total. The van der Waals surface area contributed by atoms with Gasteiger partial charge in [-0.2, -0.15) is 0 Å². The van der Waals surface area contributed by atoms with E-state index in [9.17, 15) is 10.1 Å². The molecule has 7 heteroatoms. The molecule has 2 heterocycles. The van der Waals surface area contributed by atoms with E-state index in [0.29, 0.717) is 16.7 Å². The average molecular weight is 295 g/mol. The van der Waals surface area contributed by atoms with Gasteiger partial charge in [-0.3, -0.25) is 10.1 Å². The topological polar surface area (TPSA) is 93.0 Å². The summed E-state index contributed by atoms with van der Waals surface area (Å²) in [7, 11) is 1.64. The van der Waals surface area contributed by atoms with Crippen LogP contribution in [-0.4, -0.2) is 21.9 Å². The molecule has 0 fully saturated rings. The highest BCUT2D eigenvalue weighted by Gasteiger charge is 2.24. The zero-order chi connectivity index (χ0) is 15.5. The Labute approximate surface area is 126 Å². The molecule has 2 aromatic heterocycles. The van der Waals surface area contributed by atoms with Crippen molar-refractivity contribution in [3.8, 4) is 0 Å². The predicted octanol–water partition coefficient (Wildman–Crippen LogP) is 3.32. The number of aromatic nitrogens is 2. The fraction of sp³-hybridized carbons (Fsp3) is 0.0667. The van der Waals surface area contributed by atoms with Crippen molar-refractivity contribution in [2.45, 2.75) is 0 Å². The maximum Gasteiger partial charge on any atom is 0.335 e. The van der Waals surface area contributed by atoms with Gasteiger partial charge in [-0.25, -0.2) is 9.97 Å². The van der Waals surface area contributed by atoms with Crippen LogP contribution in [0.1, 0.15) is 0 Å². The minimum absolute atomic E-state index is 0.105. The molecular weight excluding hydrogens is 282 g/mol. The quantitative estimate of drug-likeness (QED) is 0.566. The van der Waals surface area contributed by atoms with Crippen molar-refractivity contribution in [3.63, 3.8) is 0 Å². The number of anilines is 3. The molecular formula is C15H13N5O2. The third kappa shape index (κ3) is 2.39. The number of nitrogens with zero attached hydrogens (tertiary/aromatic N) is 3. The molecule has 0 aliphatic carbocycles. The monoisotopic (exact) mass is 295 g/mol. The van der Waals surface area contributed by atoms with Gasteiger partial charge in [0.2, 0.25) is 5.82 Å². The summed E-state index contributed by atoms with van der Waals surface area (Å²) < 4.78 is 0. The standard InChI is InChI=1S/C15H13N5O2/c1-16-12-11-8-5-9-17-14(11)19-15(13(12)20(21)22)18-10-6-3-2-4-7-10/h2-9H,1H3,(H2,16,17,18,19). The lowest BCUT2D eigenvalue weighted by Crippen LogP contribution is -2.05. The molecule has 0 saturated heterocycles. The van der Waals surface area contributed by atoms with Crippen molar-refractivity contribution < 1.29 is 4.92 Å². The summed E-state index contributed by atoms with van der Waals surface area (Å²) in [6, 6.07) is 12.6. The van der Waals surface area contributed by atoms with Crippen LogP contribution in [0.5, 0.6) is 0 Å². The van der Waals surface area contributed by atoms with Crippen molar-refractivity contribution in [1.82, 2.24) is 9.97 Å². The average Bonchev–Trinajstić information content (AvgIpc) is 2.54. The van der Waals surface area contributed by atoms with E-state index in [0.717, 1.165) is 5.69 Å². The second-order valence-electron chi connectivity index (χ2n) is 4.56. The first-order chi connectivity index (χ1) is 10.7. The van der Waals surface area contributed by atoms with Crippen LogP contribution < -0.4 is 10.6 Å². The van der Waals surface area contributed by atoms with Gasteiger partial charge in [0, 0.05) is 24.3 Å². The number of hydrogen-bond donors (Lipinski definition) is 2. The van der Waals surface area contributed by atoms with Crippen LogP contribution in [0, 0.1) is 10.1 Å². The van der Waals surface area contributed by atoms with Gasteiger partial charge in [-0.1, -0.05) is 18.2 Å². The van der Waals surface area contributed by atoms with Crippen LogP contribution in [0.15, 0.2) is 48.7 Å². The maximum atomic E-state index is 11.5. The molecule has 0 radical (unpaired) electrons. The van der Waals surface area contributed by atoms with Crippen molar-refractivity contribution >= 4 is 33.9 Å². The highest BCUT2D eigenvalue weighted by atomic mass is 16.6. The van der Waals surface area contributed by atoms with E-state index in [2.05, 4.69) is 20.6 Å². The minimum Gasteiger partial charge on any atom is -0.382 e. The molecule has 3 rings (SSSR count). The summed E-state index contributed by atoms with van der Waals surface area (Å²) in [4.78, 5) is 19.5. The first-order valence-corrected chi connectivity index (χ1v) is 6.63. The summed E-state index contributed by atoms with van der Waals surface area (Å²) in [5.74, 6) is 0.159. The number of nitrogens with one attached hydrogen (secondary N) is 2. The first-order valence-electron chi connectivity index (χ1n) is 6.63. The molecule has 0 spiro atoms. The van der Waals surface area contributed by atoms with Crippen LogP contribution in [0.2, 0.25) is 0 Å². The fourth-order valence-electron chi connectivity index (χ4n) is 2.26. The Balaban J connectivity index is 2.23. The summed E-state index contributed by atoms with van der Waals surface area (Å²) in [5.41, 5.74) is 1.44. The maximum absolute atomic E-state index is 11.5. The van der Waals surface area contributed by atoms with E-state index < -0.39 is 4.92 Å². The number of fused-ring (bicyclic) bond motifs is 1. The van der Waals surface area contributed by atoms with Gasteiger partial charge in [-0.15, -0.1) is 0 Å². The Morgan fingerprint density at radius 2 is 1.91 bits per heavy atom. The fourth-order valence-corrected chi connectivity index (χ4v) is 2.26. The van der Waals surface area contributed by atoms with Crippen molar-refractivity contribution in [2.24, 2.45) is 0 Å². The highest BCUT2D eigenvalue weighted by molar-refractivity contribution is 5.98. The number of nitro groups is 1. The van der Waals surface area contributed by atoms with Gasteiger partial charge in [0.15, 0.2) is 5.65 Å². The van der Waals surface area contributed by atoms with Crippen LogP contribution in [-0.2, 0) is 0 Å². The Morgan fingerprint density at radius 1 is 1.14 bits per heavy atom. The van der Waals surface area contributed by atoms with Crippen molar-refractivity contribution in [3.05, 3.63) is 58.8 Å². The van der Waals surface area contributed by atoms with Gasteiger partial charge < -0.3 is 10.6 Å². The minimum atomic E-state index is -0.448. The molecule has 3 aromatic rings. The van der Waals surface area contributed by atoms with E-state index in [-0.39, 0.29) is 11.5 Å². The van der Waals surface area contributed by atoms with Gasteiger partial charge in [0.05, 0.1) is 4.92 Å². The molecule has 0 bridgehead atoms. The zero-order valence-corrected chi connectivity index (χ0v) is 11.8. The van der Waals surface area contributed by atoms with E-state index in [1.807, 2.05) is 30.3 Å². The van der Waals surface area contributed by atoms with E-state index in [1.165, 1.54) is 0 Å². The number of rotatable bonds is 4. The molecule has 0 saturated carbocycles. The lowest BCUT2D eigenvalue weighted by molar-refractivity contribution is -0.383. The zero-order valence-electron chi connectivity index (χ0n) is 11.8. The largest absolute Gasteiger partial charge is 0.382 e. The van der Waals surface area contributed by atoms with Gasteiger partial charge in [0.1, 0.15) is 5.69 Å². The van der Waals surface area contributed by atoms with Crippen LogP contribution in [0.4, 0.5) is 22.9 Å². The Bertz CT molecular complexity index is 836. The third-order valence-electron chi connectivity index (χ3n) is 3.20. The second-order valence-corrected chi connectivity index (χ2v) is 4.56. The van der Waals surface area contributed by atoms with Crippen LogP contribution in [0.25, 0.3) is 11.0 Å². The summed E-state index contributed by atoms with van der Waals surface area (Å²) >= 11 is 0. The highest BCUT2D eigenvalue weighted by Crippen LogP contribution is 2.37. The normalized spacial score (nSPS) is 10.4. The summed E-state index contributed by atoms with van der Waals surface area (Å²) in [5, 5.41) is 18.0. The Kier molecular flexibility index (Phi) is 3.53. The van der Waals surface area contributed by atoms with Gasteiger partial charge in [-0.05, 0) is 24.3 Å². The summed E-state index contributed by atoms with van der Waals surface area (Å²) in [6.45, 7) is 0. The molecule has 0 aliphatic heterocycles. The lowest BCUT2D eigenvalue weighted by Gasteiger charge is -2.11. The van der Waals surface area contributed by atoms with E-state index in [1.54, 1.807) is 25.4 Å². The molecule has 0 amide bonds. The summed E-state index contributed by atoms with van der Waals surface area (Å²) in [6.07, 6.45) is 1.60. The van der Waals surface area contributed by atoms with E-state index >= 15 is 0 Å². The lowest BCUT2D eigenvalue weighted by atomic mass is 10.2. The molecule has 0 unspecified atom stereocenters. The molecule has 110 valence electrons. The van der Waals surface area contributed by atoms with E-state index in [4.69, 9.17) is 0 Å². The molecule has 0 atom stereocenters. The Hall–Kier alpha value is -3.22. The molecule has 2 N–H and O–H groups in total. The third-order valence-corrected chi connectivity index (χ3v) is 3.20. The smallest absolute Gasteiger partial charge is 0.335 e. The molecule has 22 heavy (non-hydrogen) atoms. The predicted molar refractivity (Wildman–Crippen MR) is 85.5 cm³/mol. The van der Waals surface area contributed by atoms with Crippen LogP contribution in [0.3, 0.4) is 0 Å². The molecule has 1 aromatic carbocycles. The molecule has 0 aliphatic rings. The number of benzene rings is 1. The SMILES string of the molecule is CNc1c([N+](=O)[O-])c(Nc2ccccc2)nc2ncccc12. The number of pyridine rings is 2. The van der Waals surface area contributed by atoms with Gasteiger partial charge >= 0.3 is 5.69 Å². The van der Waals surface area contributed by atoms with Crippen LogP contribution >= 0.6 is 0 Å². The number of para-hydroxylation sites is 1.